The molecule has 148 valence electrons. The van der Waals surface area contributed by atoms with Gasteiger partial charge in [0.15, 0.2) is 0 Å². The van der Waals surface area contributed by atoms with Gasteiger partial charge in [-0.2, -0.15) is 5.10 Å². The summed E-state index contributed by atoms with van der Waals surface area (Å²) in [5, 5.41) is 13.7. The summed E-state index contributed by atoms with van der Waals surface area (Å²) in [6.07, 6.45) is 3.21. The van der Waals surface area contributed by atoms with Crippen LogP contribution >= 0.6 is 11.3 Å². The van der Waals surface area contributed by atoms with Crippen molar-refractivity contribution in [2.45, 2.75) is 19.3 Å². The van der Waals surface area contributed by atoms with Crippen LogP contribution in [0, 0.1) is 0 Å². The molecule has 2 N–H and O–H groups in total. The van der Waals surface area contributed by atoms with Crippen LogP contribution in [0.25, 0.3) is 16.9 Å². The lowest BCUT2D eigenvalue weighted by atomic mass is 9.94. The zero-order valence-corrected chi connectivity index (χ0v) is 17.8. The second kappa shape index (κ2) is 8.47. The van der Waals surface area contributed by atoms with Crippen LogP contribution in [0.5, 0.6) is 0 Å². The van der Waals surface area contributed by atoms with E-state index in [4.69, 9.17) is 5.10 Å². The van der Waals surface area contributed by atoms with Gasteiger partial charge in [-0.25, -0.2) is 4.68 Å². The third kappa shape index (κ3) is 3.72. The molecule has 0 spiro atoms. The Morgan fingerprint density at radius 1 is 1.11 bits per heavy atom. The maximum absolute atomic E-state index is 5.11. The fourth-order valence-corrected chi connectivity index (χ4v) is 4.77. The van der Waals surface area contributed by atoms with Crippen molar-refractivity contribution in [2.24, 2.45) is 0 Å². The fraction of sp³-hybridized carbons (Fsp3) is 0.409. The van der Waals surface area contributed by atoms with E-state index in [0.29, 0.717) is 0 Å². The van der Waals surface area contributed by atoms with Crippen molar-refractivity contribution in [1.82, 2.24) is 20.0 Å². The highest BCUT2D eigenvalue weighted by Gasteiger charge is 2.26. The number of benzene rings is 1. The Morgan fingerprint density at radius 3 is 2.68 bits per heavy atom. The van der Waals surface area contributed by atoms with E-state index in [-0.39, 0.29) is 0 Å². The minimum absolute atomic E-state index is 0.990. The van der Waals surface area contributed by atoms with Crippen molar-refractivity contribution < 1.29 is 0 Å². The van der Waals surface area contributed by atoms with E-state index in [2.05, 4.69) is 63.0 Å². The number of nitrogens with one attached hydrogen (secondary N) is 2. The summed E-state index contributed by atoms with van der Waals surface area (Å²) in [4.78, 5) is 3.86. The number of hydrogen-bond donors (Lipinski definition) is 2. The minimum atomic E-state index is 0.990. The monoisotopic (exact) mass is 395 g/mol. The number of aromatic nitrogens is 2. The summed E-state index contributed by atoms with van der Waals surface area (Å²) in [5.41, 5.74) is 7.60. The molecule has 0 fully saturated rings. The molecular formula is C22H29N5S. The number of likely N-dealkylation sites (N-methyl/N-ethyl adjacent to an activating group) is 2. The number of anilines is 1. The Bertz CT molecular complexity index is 925. The van der Waals surface area contributed by atoms with E-state index < -0.39 is 0 Å². The van der Waals surface area contributed by atoms with Crippen LogP contribution in [-0.4, -0.2) is 55.5 Å². The van der Waals surface area contributed by atoms with E-state index >= 15 is 0 Å². The molecule has 0 saturated carbocycles. The molecular weight excluding hydrogens is 366 g/mol. The van der Waals surface area contributed by atoms with Crippen LogP contribution in [0.4, 0.5) is 5.69 Å². The van der Waals surface area contributed by atoms with E-state index in [9.17, 15) is 0 Å². The van der Waals surface area contributed by atoms with Crippen LogP contribution in [-0.2, 0) is 19.3 Å². The number of thiophene rings is 1. The zero-order valence-electron chi connectivity index (χ0n) is 17.0. The number of hydrogen-bond acceptors (Lipinski definition) is 5. The molecule has 0 aliphatic heterocycles. The quantitative estimate of drug-likeness (QED) is 0.613. The van der Waals surface area contributed by atoms with Gasteiger partial charge in [0.2, 0.25) is 0 Å². The molecule has 4 rings (SSSR count). The molecule has 0 amide bonds. The molecule has 0 atom stereocenters. The summed E-state index contributed by atoms with van der Waals surface area (Å²) in [5.74, 6) is 0. The van der Waals surface area contributed by atoms with Crippen molar-refractivity contribution >= 4 is 17.0 Å². The van der Waals surface area contributed by atoms with Gasteiger partial charge in [0.25, 0.3) is 0 Å². The second-order valence-electron chi connectivity index (χ2n) is 7.40. The lowest BCUT2D eigenvalue weighted by Crippen LogP contribution is -2.29. The molecule has 1 aliphatic rings. The first kappa shape index (κ1) is 19.2. The van der Waals surface area contributed by atoms with E-state index in [1.807, 2.05) is 25.4 Å². The molecule has 1 aliphatic carbocycles. The normalized spacial score (nSPS) is 12.9. The van der Waals surface area contributed by atoms with Crippen LogP contribution in [0.15, 0.2) is 35.7 Å². The van der Waals surface area contributed by atoms with Crippen molar-refractivity contribution in [3.63, 3.8) is 0 Å². The van der Waals surface area contributed by atoms with Gasteiger partial charge < -0.3 is 15.5 Å². The summed E-state index contributed by atoms with van der Waals surface area (Å²) < 4.78 is 2.17. The van der Waals surface area contributed by atoms with Gasteiger partial charge in [0.1, 0.15) is 0 Å². The molecule has 28 heavy (non-hydrogen) atoms. The molecule has 0 bridgehead atoms. The first-order chi connectivity index (χ1) is 13.7. The largest absolute Gasteiger partial charge is 0.388 e. The third-order valence-electron chi connectivity index (χ3n) is 5.54. The van der Waals surface area contributed by atoms with Crippen LogP contribution in [0.3, 0.4) is 0 Å². The van der Waals surface area contributed by atoms with Gasteiger partial charge in [-0.15, -0.1) is 11.3 Å². The van der Waals surface area contributed by atoms with Crippen molar-refractivity contribution in [2.75, 3.05) is 46.1 Å². The van der Waals surface area contributed by atoms with Crippen LogP contribution < -0.4 is 10.6 Å². The number of rotatable bonds is 8. The summed E-state index contributed by atoms with van der Waals surface area (Å²) >= 11 is 1.87. The third-order valence-corrected chi connectivity index (χ3v) is 6.52. The van der Waals surface area contributed by atoms with E-state index in [1.165, 1.54) is 27.4 Å². The highest BCUT2D eigenvalue weighted by atomic mass is 32.1. The number of aryl methyl sites for hydroxylation is 1. The standard InChI is InChI=1S/C22H29N5S/c1-23-12-14-26(3)13-10-20-18-8-9-21-19(11-15-28-21)22(18)27(25-20)17-6-4-16(24-2)5-7-17/h4-7,11,15,23-24H,8-10,12-14H2,1-3H3. The first-order valence-electron chi connectivity index (χ1n) is 10.00. The van der Waals surface area contributed by atoms with Gasteiger partial charge in [0.05, 0.1) is 17.1 Å². The van der Waals surface area contributed by atoms with Crippen LogP contribution in [0.2, 0.25) is 0 Å². The predicted octanol–water partition coefficient (Wildman–Crippen LogP) is 3.43. The Hall–Kier alpha value is -2.15. The molecule has 6 heteroatoms. The minimum Gasteiger partial charge on any atom is -0.388 e. The van der Waals surface area contributed by atoms with Gasteiger partial charge in [-0.1, -0.05) is 0 Å². The number of nitrogens with zero attached hydrogens (tertiary/aromatic N) is 3. The van der Waals surface area contributed by atoms with E-state index in [1.54, 1.807) is 0 Å². The summed E-state index contributed by atoms with van der Waals surface area (Å²) in [6.45, 7) is 3.10. The average molecular weight is 396 g/mol. The maximum atomic E-state index is 5.11. The molecule has 5 nitrogen and oxygen atoms in total. The lowest BCUT2D eigenvalue weighted by Gasteiger charge is -2.17. The van der Waals surface area contributed by atoms with Gasteiger partial charge in [-0.3, -0.25) is 0 Å². The molecule has 0 saturated heterocycles. The molecule has 2 aromatic heterocycles. The van der Waals surface area contributed by atoms with Gasteiger partial charge in [0, 0.05) is 54.8 Å². The van der Waals surface area contributed by atoms with Gasteiger partial charge in [-0.05, 0) is 62.6 Å². The Kier molecular flexibility index (Phi) is 5.80. The second-order valence-corrected chi connectivity index (χ2v) is 8.40. The predicted molar refractivity (Wildman–Crippen MR) is 119 cm³/mol. The topological polar surface area (TPSA) is 45.1 Å². The van der Waals surface area contributed by atoms with E-state index in [0.717, 1.165) is 50.3 Å². The first-order valence-corrected chi connectivity index (χ1v) is 10.9. The fourth-order valence-electron chi connectivity index (χ4n) is 3.89. The molecule has 3 aromatic rings. The van der Waals surface area contributed by atoms with Crippen LogP contribution in [0.1, 0.15) is 16.1 Å². The summed E-state index contributed by atoms with van der Waals surface area (Å²) in [6, 6.07) is 10.8. The Morgan fingerprint density at radius 2 is 1.93 bits per heavy atom. The smallest absolute Gasteiger partial charge is 0.0787 e. The Labute approximate surface area is 171 Å². The maximum Gasteiger partial charge on any atom is 0.0787 e. The molecule has 1 aromatic carbocycles. The summed E-state index contributed by atoms with van der Waals surface area (Å²) in [7, 11) is 6.14. The molecule has 0 radical (unpaired) electrons. The number of fused-ring (bicyclic) bond motifs is 3. The van der Waals surface area contributed by atoms with Crippen molar-refractivity contribution in [3.05, 3.63) is 51.8 Å². The molecule has 2 heterocycles. The highest BCUT2D eigenvalue weighted by Crippen LogP contribution is 2.39. The highest BCUT2D eigenvalue weighted by molar-refractivity contribution is 7.10. The van der Waals surface area contributed by atoms with Gasteiger partial charge >= 0.3 is 0 Å². The zero-order chi connectivity index (χ0) is 19.5. The SMILES string of the molecule is CNCCN(C)CCc1nn(-c2ccc(NC)cc2)c2c1CCc1sccc1-2. The Balaban J connectivity index is 1.69. The lowest BCUT2D eigenvalue weighted by molar-refractivity contribution is 0.338. The van der Waals surface area contributed by atoms with Crippen molar-refractivity contribution in [3.8, 4) is 16.9 Å². The van der Waals surface area contributed by atoms with Crippen molar-refractivity contribution in [1.29, 1.82) is 0 Å². The average Bonchev–Trinajstić information content (AvgIpc) is 3.35. The molecule has 0 unspecified atom stereocenters.